The van der Waals surface area contributed by atoms with Crippen LogP contribution in [0.15, 0.2) is 29.2 Å². The summed E-state index contributed by atoms with van der Waals surface area (Å²) in [5.41, 5.74) is 0.214. The molecule has 0 radical (unpaired) electrons. The number of sulfonamides is 1. The molecule has 0 unspecified atom stereocenters. The molecule has 0 atom stereocenters. The molecule has 0 fully saturated rings. The Bertz CT molecular complexity index is 580. The number of carbonyl (C=O) groups excluding carboxylic acids is 1. The maximum Gasteiger partial charge on any atom is 0.240 e. The molecule has 0 aliphatic rings. The van der Waals surface area contributed by atoms with E-state index >= 15 is 0 Å². The Balaban J connectivity index is 2.74. The van der Waals surface area contributed by atoms with Gasteiger partial charge in [-0.05, 0) is 38.1 Å². The molecule has 118 valence electrons. The highest BCUT2D eigenvalue weighted by Crippen LogP contribution is 2.18. The normalized spacial score (nSPS) is 12.0. The molecule has 0 aliphatic carbocycles. The Morgan fingerprint density at radius 1 is 1.19 bits per heavy atom. The molecule has 6 nitrogen and oxygen atoms in total. The third-order valence-electron chi connectivity index (χ3n) is 3.08. The predicted molar refractivity (Wildman–Crippen MR) is 83.6 cm³/mol. The van der Waals surface area contributed by atoms with Gasteiger partial charge in [-0.1, -0.05) is 6.92 Å². The van der Waals surface area contributed by atoms with Gasteiger partial charge in [0.05, 0.1) is 10.3 Å². The van der Waals surface area contributed by atoms with Gasteiger partial charge in [-0.25, -0.2) is 13.1 Å². The number of amides is 1. The van der Waals surface area contributed by atoms with E-state index in [0.29, 0.717) is 13.1 Å². The van der Waals surface area contributed by atoms with E-state index < -0.39 is 15.4 Å². The number of hydrogen-bond acceptors (Lipinski definition) is 4. The third kappa shape index (κ3) is 4.71. The van der Waals surface area contributed by atoms with Crippen molar-refractivity contribution in [1.29, 1.82) is 0 Å². The molecule has 0 heterocycles. The molecule has 1 aromatic rings. The summed E-state index contributed by atoms with van der Waals surface area (Å²) < 4.78 is 26.0. The molecule has 7 heteroatoms. The number of rotatable bonds is 7. The van der Waals surface area contributed by atoms with Crippen LogP contribution in [0.5, 0.6) is 0 Å². The van der Waals surface area contributed by atoms with Crippen molar-refractivity contribution >= 4 is 21.6 Å². The summed E-state index contributed by atoms with van der Waals surface area (Å²) in [6.45, 7) is 6.20. The van der Waals surface area contributed by atoms with Crippen LogP contribution in [0.2, 0.25) is 0 Å². The monoisotopic (exact) mass is 313 g/mol. The fraction of sp³-hybridized carbons (Fsp3) is 0.500. The highest BCUT2D eigenvalue weighted by molar-refractivity contribution is 7.89. The highest BCUT2D eigenvalue weighted by Gasteiger charge is 2.26. The molecule has 1 aromatic carbocycles. The van der Waals surface area contributed by atoms with Crippen molar-refractivity contribution in [3.8, 4) is 0 Å². The van der Waals surface area contributed by atoms with Crippen molar-refractivity contribution in [2.75, 3.05) is 25.5 Å². The first-order valence-corrected chi connectivity index (χ1v) is 8.27. The molecule has 1 rings (SSSR count). The summed E-state index contributed by atoms with van der Waals surface area (Å²) >= 11 is 0. The summed E-state index contributed by atoms with van der Waals surface area (Å²) in [5.74, 6) is -0.0543. The van der Waals surface area contributed by atoms with Gasteiger partial charge in [0.15, 0.2) is 0 Å². The Hall–Kier alpha value is -1.60. The summed E-state index contributed by atoms with van der Waals surface area (Å²) in [6.07, 6.45) is 0. The van der Waals surface area contributed by atoms with Crippen LogP contribution in [0.3, 0.4) is 0 Å². The van der Waals surface area contributed by atoms with E-state index in [-0.39, 0.29) is 10.8 Å². The minimum absolute atomic E-state index is 0.0543. The van der Waals surface area contributed by atoms with Gasteiger partial charge in [-0.15, -0.1) is 0 Å². The lowest BCUT2D eigenvalue weighted by atomic mass is 9.92. The zero-order chi connectivity index (χ0) is 16.1. The maximum atomic E-state index is 11.8. The Labute approximate surface area is 126 Å². The van der Waals surface area contributed by atoms with Crippen LogP contribution in [-0.2, 0) is 14.8 Å². The van der Waals surface area contributed by atoms with Crippen LogP contribution < -0.4 is 15.4 Å². The SMILES string of the molecule is CCNS(=O)(=O)c1ccc(NCC(C)(C)C(=O)NC)cc1. The van der Waals surface area contributed by atoms with E-state index in [9.17, 15) is 13.2 Å². The molecule has 0 saturated heterocycles. The molecule has 0 aromatic heterocycles. The summed E-state index contributed by atoms with van der Waals surface area (Å²) in [4.78, 5) is 11.9. The van der Waals surface area contributed by atoms with Gasteiger partial charge in [0, 0.05) is 25.8 Å². The van der Waals surface area contributed by atoms with E-state index in [0.717, 1.165) is 5.69 Å². The third-order valence-corrected chi connectivity index (χ3v) is 4.64. The summed E-state index contributed by atoms with van der Waals surface area (Å²) in [6, 6.07) is 6.44. The van der Waals surface area contributed by atoms with Crippen molar-refractivity contribution < 1.29 is 13.2 Å². The topological polar surface area (TPSA) is 87.3 Å². The minimum Gasteiger partial charge on any atom is -0.384 e. The first-order valence-electron chi connectivity index (χ1n) is 6.78. The second-order valence-corrected chi connectivity index (χ2v) is 7.11. The molecule has 0 saturated carbocycles. The van der Waals surface area contributed by atoms with Gasteiger partial charge in [-0.3, -0.25) is 4.79 Å². The van der Waals surface area contributed by atoms with Crippen LogP contribution in [-0.4, -0.2) is 34.5 Å². The van der Waals surface area contributed by atoms with Crippen molar-refractivity contribution in [3.05, 3.63) is 24.3 Å². The van der Waals surface area contributed by atoms with Gasteiger partial charge in [-0.2, -0.15) is 0 Å². The van der Waals surface area contributed by atoms with Crippen LogP contribution >= 0.6 is 0 Å². The Morgan fingerprint density at radius 3 is 2.24 bits per heavy atom. The lowest BCUT2D eigenvalue weighted by Gasteiger charge is -2.23. The fourth-order valence-corrected chi connectivity index (χ4v) is 2.81. The molecule has 1 amide bonds. The van der Waals surface area contributed by atoms with Crippen molar-refractivity contribution in [1.82, 2.24) is 10.0 Å². The fourth-order valence-electron chi connectivity index (χ4n) is 1.77. The molecule has 0 aliphatic heterocycles. The number of nitrogens with one attached hydrogen (secondary N) is 3. The first kappa shape index (κ1) is 17.5. The van der Waals surface area contributed by atoms with E-state index in [1.54, 1.807) is 26.1 Å². The lowest BCUT2D eigenvalue weighted by molar-refractivity contribution is -0.128. The van der Waals surface area contributed by atoms with Crippen LogP contribution in [0, 0.1) is 5.41 Å². The van der Waals surface area contributed by atoms with Crippen molar-refractivity contribution in [3.63, 3.8) is 0 Å². The van der Waals surface area contributed by atoms with Crippen LogP contribution in [0.1, 0.15) is 20.8 Å². The van der Waals surface area contributed by atoms with Gasteiger partial charge < -0.3 is 10.6 Å². The lowest BCUT2D eigenvalue weighted by Crippen LogP contribution is -2.39. The van der Waals surface area contributed by atoms with Gasteiger partial charge in [0.25, 0.3) is 0 Å². The van der Waals surface area contributed by atoms with E-state index in [1.807, 2.05) is 13.8 Å². The maximum absolute atomic E-state index is 11.8. The van der Waals surface area contributed by atoms with E-state index in [4.69, 9.17) is 0 Å². The second kappa shape index (κ2) is 6.91. The van der Waals surface area contributed by atoms with E-state index in [2.05, 4.69) is 15.4 Å². The van der Waals surface area contributed by atoms with Crippen molar-refractivity contribution in [2.24, 2.45) is 5.41 Å². The zero-order valence-electron chi connectivity index (χ0n) is 12.9. The minimum atomic E-state index is -3.43. The molecule has 21 heavy (non-hydrogen) atoms. The predicted octanol–water partition coefficient (Wildman–Crippen LogP) is 1.17. The van der Waals surface area contributed by atoms with Crippen LogP contribution in [0.25, 0.3) is 0 Å². The van der Waals surface area contributed by atoms with Crippen molar-refractivity contribution in [2.45, 2.75) is 25.7 Å². The number of hydrogen-bond donors (Lipinski definition) is 3. The summed E-state index contributed by atoms with van der Waals surface area (Å²) in [5, 5.41) is 5.75. The Kier molecular flexibility index (Phi) is 5.74. The highest BCUT2D eigenvalue weighted by atomic mass is 32.2. The molecular weight excluding hydrogens is 290 g/mol. The quantitative estimate of drug-likeness (QED) is 0.705. The zero-order valence-corrected chi connectivity index (χ0v) is 13.7. The first-order chi connectivity index (χ1) is 9.73. The number of anilines is 1. The number of carbonyl (C=O) groups is 1. The Morgan fingerprint density at radius 2 is 1.76 bits per heavy atom. The second-order valence-electron chi connectivity index (χ2n) is 5.34. The van der Waals surface area contributed by atoms with Gasteiger partial charge >= 0.3 is 0 Å². The molecular formula is C14H23N3O3S. The van der Waals surface area contributed by atoms with E-state index in [1.165, 1.54) is 12.1 Å². The standard InChI is InChI=1S/C14H23N3O3S/c1-5-17-21(19,20)12-8-6-11(7-9-12)16-10-14(2,3)13(18)15-4/h6-9,16-17H,5,10H2,1-4H3,(H,15,18). The average molecular weight is 313 g/mol. The molecule has 0 spiro atoms. The van der Waals surface area contributed by atoms with Crippen LogP contribution in [0.4, 0.5) is 5.69 Å². The largest absolute Gasteiger partial charge is 0.384 e. The van der Waals surface area contributed by atoms with Gasteiger partial charge in [0.2, 0.25) is 15.9 Å². The molecule has 3 N–H and O–H groups in total. The summed E-state index contributed by atoms with van der Waals surface area (Å²) in [7, 11) is -1.83. The average Bonchev–Trinajstić information content (AvgIpc) is 2.44. The number of benzene rings is 1. The van der Waals surface area contributed by atoms with Gasteiger partial charge in [0.1, 0.15) is 0 Å². The molecule has 0 bridgehead atoms. The smallest absolute Gasteiger partial charge is 0.240 e.